The molecule has 1 unspecified atom stereocenters. The second-order valence-electron chi connectivity index (χ2n) is 5.42. The minimum absolute atomic E-state index is 0.216. The number of hydrogen-bond donors (Lipinski definition) is 1. The Balaban J connectivity index is 2.17. The van der Waals surface area contributed by atoms with Crippen molar-refractivity contribution < 1.29 is 14.7 Å². The van der Waals surface area contributed by atoms with E-state index in [0.29, 0.717) is 19.4 Å². The molecule has 0 aliphatic carbocycles. The second kappa shape index (κ2) is 6.57. The van der Waals surface area contributed by atoms with E-state index in [1.807, 2.05) is 37.3 Å². The number of likely N-dealkylation sites (tertiary alicyclic amines) is 1. The fraction of sp³-hybridized carbons (Fsp3) is 0.412. The van der Waals surface area contributed by atoms with Crippen LogP contribution in [0.2, 0.25) is 0 Å². The van der Waals surface area contributed by atoms with Gasteiger partial charge < -0.3 is 10.0 Å². The number of rotatable bonds is 5. The van der Waals surface area contributed by atoms with Gasteiger partial charge in [0.2, 0.25) is 5.91 Å². The summed E-state index contributed by atoms with van der Waals surface area (Å²) in [5.41, 5.74) is -0.0891. The van der Waals surface area contributed by atoms with Crippen molar-refractivity contribution >= 4 is 18.0 Å². The van der Waals surface area contributed by atoms with Crippen LogP contribution in [0.1, 0.15) is 38.2 Å². The van der Waals surface area contributed by atoms with E-state index in [4.69, 9.17) is 0 Å². The summed E-state index contributed by atoms with van der Waals surface area (Å²) >= 11 is 0. The lowest BCUT2D eigenvalue weighted by molar-refractivity contribution is -0.155. The van der Waals surface area contributed by atoms with E-state index in [1.54, 1.807) is 6.08 Å². The summed E-state index contributed by atoms with van der Waals surface area (Å²) in [4.78, 5) is 25.6. The minimum atomic E-state index is -1.02. The molecular formula is C17H21NO3. The van der Waals surface area contributed by atoms with Crippen LogP contribution in [0.15, 0.2) is 36.4 Å². The Morgan fingerprint density at radius 2 is 2.05 bits per heavy atom. The molecule has 1 aliphatic heterocycles. The van der Waals surface area contributed by atoms with Crippen molar-refractivity contribution in [3.63, 3.8) is 0 Å². The molecule has 4 heteroatoms. The standard InChI is InChI=1S/C17H21NO3/c1-2-11-17(16(20)21)12-6-13-18(17)15(19)10-9-14-7-4-3-5-8-14/h3-5,7-10H,2,6,11-13H2,1H3,(H,20,21)/b10-9+. The highest BCUT2D eigenvalue weighted by Gasteiger charge is 2.48. The average molecular weight is 287 g/mol. The van der Waals surface area contributed by atoms with E-state index in [0.717, 1.165) is 18.4 Å². The molecule has 1 aromatic rings. The molecule has 112 valence electrons. The maximum atomic E-state index is 12.4. The minimum Gasteiger partial charge on any atom is -0.479 e. The third-order valence-electron chi connectivity index (χ3n) is 4.03. The van der Waals surface area contributed by atoms with Crippen LogP contribution in [0.3, 0.4) is 0 Å². The molecule has 1 atom stereocenters. The first-order chi connectivity index (χ1) is 10.1. The molecule has 21 heavy (non-hydrogen) atoms. The van der Waals surface area contributed by atoms with Crippen molar-refractivity contribution in [3.05, 3.63) is 42.0 Å². The number of aliphatic carboxylic acids is 1. The molecule has 1 fully saturated rings. The molecule has 1 saturated heterocycles. The Bertz CT molecular complexity index is 538. The number of benzene rings is 1. The second-order valence-corrected chi connectivity index (χ2v) is 5.42. The molecule has 1 aliphatic rings. The quantitative estimate of drug-likeness (QED) is 0.847. The van der Waals surface area contributed by atoms with Crippen molar-refractivity contribution in [1.29, 1.82) is 0 Å². The predicted molar refractivity (Wildman–Crippen MR) is 81.7 cm³/mol. The first-order valence-corrected chi connectivity index (χ1v) is 7.38. The van der Waals surface area contributed by atoms with Crippen LogP contribution in [0, 0.1) is 0 Å². The molecule has 0 spiro atoms. The van der Waals surface area contributed by atoms with E-state index in [-0.39, 0.29) is 5.91 Å². The van der Waals surface area contributed by atoms with E-state index in [2.05, 4.69) is 0 Å². The van der Waals surface area contributed by atoms with Gasteiger partial charge in [-0.3, -0.25) is 4.79 Å². The number of amides is 1. The molecular weight excluding hydrogens is 266 g/mol. The summed E-state index contributed by atoms with van der Waals surface area (Å²) < 4.78 is 0. The molecule has 0 aromatic heterocycles. The highest BCUT2D eigenvalue weighted by Crippen LogP contribution is 2.34. The van der Waals surface area contributed by atoms with Gasteiger partial charge in [0, 0.05) is 12.6 Å². The SMILES string of the molecule is CCCC1(C(=O)O)CCCN1C(=O)/C=C/c1ccccc1. The first-order valence-electron chi connectivity index (χ1n) is 7.38. The Morgan fingerprint density at radius 3 is 2.67 bits per heavy atom. The molecule has 1 heterocycles. The van der Waals surface area contributed by atoms with Crippen LogP contribution in [0.4, 0.5) is 0 Å². The maximum Gasteiger partial charge on any atom is 0.329 e. The number of carboxylic acid groups (broad SMARTS) is 1. The zero-order valence-corrected chi connectivity index (χ0v) is 12.3. The summed E-state index contributed by atoms with van der Waals surface area (Å²) in [6, 6.07) is 9.53. The van der Waals surface area contributed by atoms with Gasteiger partial charge in [-0.05, 0) is 30.9 Å². The topological polar surface area (TPSA) is 57.6 Å². The summed E-state index contributed by atoms with van der Waals surface area (Å²) in [6.07, 6.45) is 5.76. The van der Waals surface area contributed by atoms with Gasteiger partial charge in [0.15, 0.2) is 0 Å². The Kier molecular flexibility index (Phi) is 4.78. The van der Waals surface area contributed by atoms with Gasteiger partial charge in [-0.15, -0.1) is 0 Å². The van der Waals surface area contributed by atoms with E-state index >= 15 is 0 Å². The summed E-state index contributed by atoms with van der Waals surface area (Å²) in [7, 11) is 0. The van der Waals surface area contributed by atoms with Gasteiger partial charge in [-0.25, -0.2) is 4.79 Å². The molecule has 0 bridgehead atoms. The highest BCUT2D eigenvalue weighted by molar-refractivity contribution is 5.96. The Labute approximate surface area is 125 Å². The number of nitrogens with zero attached hydrogens (tertiary/aromatic N) is 1. The van der Waals surface area contributed by atoms with Crippen LogP contribution >= 0.6 is 0 Å². The molecule has 2 rings (SSSR count). The third kappa shape index (κ3) is 3.15. The van der Waals surface area contributed by atoms with Crippen molar-refractivity contribution in [2.24, 2.45) is 0 Å². The van der Waals surface area contributed by atoms with Gasteiger partial charge in [0.05, 0.1) is 0 Å². The number of carbonyl (C=O) groups excluding carboxylic acids is 1. The van der Waals surface area contributed by atoms with Crippen LogP contribution < -0.4 is 0 Å². The zero-order chi connectivity index (χ0) is 15.3. The molecule has 4 nitrogen and oxygen atoms in total. The predicted octanol–water partition coefficient (Wildman–Crippen LogP) is 2.95. The van der Waals surface area contributed by atoms with Gasteiger partial charge in [-0.2, -0.15) is 0 Å². The van der Waals surface area contributed by atoms with Gasteiger partial charge in [0.25, 0.3) is 0 Å². The molecule has 1 aromatic carbocycles. The number of carbonyl (C=O) groups is 2. The summed E-state index contributed by atoms with van der Waals surface area (Å²) in [6.45, 7) is 2.47. The van der Waals surface area contributed by atoms with Crippen molar-refractivity contribution in [3.8, 4) is 0 Å². The third-order valence-corrected chi connectivity index (χ3v) is 4.03. The van der Waals surface area contributed by atoms with Crippen molar-refractivity contribution in [2.75, 3.05) is 6.54 Å². The normalized spacial score (nSPS) is 21.9. The lowest BCUT2D eigenvalue weighted by atomic mass is 9.90. The lowest BCUT2D eigenvalue weighted by Gasteiger charge is -2.34. The number of hydrogen-bond acceptors (Lipinski definition) is 2. The fourth-order valence-electron chi connectivity index (χ4n) is 3.02. The first kappa shape index (κ1) is 15.3. The zero-order valence-electron chi connectivity index (χ0n) is 12.3. The molecule has 1 N–H and O–H groups in total. The Morgan fingerprint density at radius 1 is 1.33 bits per heavy atom. The number of carboxylic acids is 1. The van der Waals surface area contributed by atoms with E-state index in [9.17, 15) is 14.7 Å². The smallest absolute Gasteiger partial charge is 0.329 e. The Hall–Kier alpha value is -2.10. The van der Waals surface area contributed by atoms with E-state index in [1.165, 1.54) is 11.0 Å². The van der Waals surface area contributed by atoms with Gasteiger partial charge >= 0.3 is 5.97 Å². The van der Waals surface area contributed by atoms with Crippen LogP contribution in [-0.4, -0.2) is 34.0 Å². The van der Waals surface area contributed by atoms with E-state index < -0.39 is 11.5 Å². The molecule has 1 amide bonds. The van der Waals surface area contributed by atoms with Gasteiger partial charge in [-0.1, -0.05) is 43.7 Å². The lowest BCUT2D eigenvalue weighted by Crippen LogP contribution is -2.52. The molecule has 0 saturated carbocycles. The average Bonchev–Trinajstić information content (AvgIpc) is 2.91. The monoisotopic (exact) mass is 287 g/mol. The maximum absolute atomic E-state index is 12.4. The summed E-state index contributed by atoms with van der Waals surface area (Å²) in [5, 5.41) is 9.58. The van der Waals surface area contributed by atoms with Crippen LogP contribution in [0.25, 0.3) is 6.08 Å². The van der Waals surface area contributed by atoms with Crippen molar-refractivity contribution in [2.45, 2.75) is 38.1 Å². The van der Waals surface area contributed by atoms with Crippen LogP contribution in [-0.2, 0) is 9.59 Å². The summed E-state index contributed by atoms with van der Waals surface area (Å²) in [5.74, 6) is -1.10. The fourth-order valence-corrected chi connectivity index (χ4v) is 3.02. The van der Waals surface area contributed by atoms with Crippen molar-refractivity contribution in [1.82, 2.24) is 4.90 Å². The highest BCUT2D eigenvalue weighted by atomic mass is 16.4. The van der Waals surface area contributed by atoms with Crippen LogP contribution in [0.5, 0.6) is 0 Å². The van der Waals surface area contributed by atoms with Gasteiger partial charge in [0.1, 0.15) is 5.54 Å². The molecule has 0 radical (unpaired) electrons. The largest absolute Gasteiger partial charge is 0.479 e.